The molecule has 0 aliphatic carbocycles. The number of aliphatic hydroxyl groups is 2. The van der Waals surface area contributed by atoms with Gasteiger partial charge in [-0.05, 0) is 12.2 Å². The molecule has 1 heterocycles. The summed E-state index contributed by atoms with van der Waals surface area (Å²) in [6.07, 6.45) is 0.824. The van der Waals surface area contributed by atoms with Crippen LogP contribution in [-0.4, -0.2) is 35.0 Å². The molecule has 68 valence electrons. The zero-order chi connectivity index (χ0) is 9.14. The molecule has 3 unspecified atom stereocenters. The molecule has 2 N–H and O–H groups in total. The van der Waals surface area contributed by atoms with Crippen molar-refractivity contribution in [3.63, 3.8) is 0 Å². The number of hydrogen-bond donors (Lipinski definition) is 2. The fourth-order valence-corrected chi connectivity index (χ4v) is 1.04. The lowest BCUT2D eigenvalue weighted by Crippen LogP contribution is -2.37. The van der Waals surface area contributed by atoms with Gasteiger partial charge >= 0.3 is 0 Å². The zero-order valence-electron chi connectivity index (χ0n) is 6.80. The quantitative estimate of drug-likeness (QED) is 0.587. The number of carbonyl (C=O) groups excluding carboxylic acids is 1. The molecule has 0 aromatic carbocycles. The molecule has 0 saturated carbocycles. The summed E-state index contributed by atoms with van der Waals surface area (Å²) in [4.78, 5) is 11.1. The fourth-order valence-electron chi connectivity index (χ4n) is 1.04. The highest BCUT2D eigenvalue weighted by Gasteiger charge is 2.28. The van der Waals surface area contributed by atoms with Crippen LogP contribution in [0, 0.1) is 5.92 Å². The van der Waals surface area contributed by atoms with Crippen LogP contribution < -0.4 is 0 Å². The van der Waals surface area contributed by atoms with Crippen LogP contribution in [-0.2, 0) is 9.53 Å². The Morgan fingerprint density at radius 2 is 2.42 bits per heavy atom. The van der Waals surface area contributed by atoms with Gasteiger partial charge in [0.05, 0.1) is 0 Å². The van der Waals surface area contributed by atoms with E-state index in [1.165, 1.54) is 12.2 Å². The highest BCUT2D eigenvalue weighted by atomic mass is 16.6. The van der Waals surface area contributed by atoms with Crippen LogP contribution in [0.3, 0.4) is 0 Å². The van der Waals surface area contributed by atoms with E-state index in [2.05, 4.69) is 0 Å². The first kappa shape index (κ1) is 9.38. The molecule has 4 heteroatoms. The van der Waals surface area contributed by atoms with Crippen LogP contribution in [0.2, 0.25) is 0 Å². The number of aliphatic hydroxyl groups excluding tert-OH is 2. The molecule has 0 amide bonds. The Balaban J connectivity index is 2.65. The van der Waals surface area contributed by atoms with Crippen molar-refractivity contribution < 1.29 is 19.7 Å². The lowest BCUT2D eigenvalue weighted by atomic mass is 10.00. The molecule has 3 atom stereocenters. The van der Waals surface area contributed by atoms with Crippen molar-refractivity contribution in [3.8, 4) is 0 Å². The van der Waals surface area contributed by atoms with E-state index in [0.29, 0.717) is 0 Å². The van der Waals surface area contributed by atoms with Crippen LogP contribution in [0.25, 0.3) is 0 Å². The number of ether oxygens (including phenoxy) is 1. The molecule has 0 spiro atoms. The molecule has 0 fully saturated rings. The topological polar surface area (TPSA) is 66.8 Å². The first-order chi connectivity index (χ1) is 5.65. The van der Waals surface area contributed by atoms with E-state index in [1.807, 2.05) is 0 Å². The molecular formula is C8H12O4. The summed E-state index contributed by atoms with van der Waals surface area (Å²) in [6.45, 7) is 1.56. The van der Waals surface area contributed by atoms with Crippen LogP contribution in [0.1, 0.15) is 6.92 Å². The smallest absolute Gasteiger partial charge is 0.184 e. The number of hydrogen-bond acceptors (Lipinski definition) is 4. The van der Waals surface area contributed by atoms with E-state index in [1.54, 1.807) is 6.92 Å². The fraction of sp³-hybridized carbons (Fsp3) is 0.625. The Morgan fingerprint density at radius 1 is 1.75 bits per heavy atom. The van der Waals surface area contributed by atoms with Gasteiger partial charge < -0.3 is 14.9 Å². The molecule has 0 aromatic heterocycles. The number of ketones is 1. The van der Waals surface area contributed by atoms with Gasteiger partial charge in [0, 0.05) is 12.5 Å². The van der Waals surface area contributed by atoms with Crippen molar-refractivity contribution in [1.82, 2.24) is 0 Å². The number of carbonyl (C=O) groups is 1. The second-order valence-electron chi connectivity index (χ2n) is 2.87. The van der Waals surface area contributed by atoms with Gasteiger partial charge in [-0.1, -0.05) is 6.92 Å². The summed E-state index contributed by atoms with van der Waals surface area (Å²) in [5, 5.41) is 17.8. The Labute approximate surface area is 70.5 Å². The van der Waals surface area contributed by atoms with Gasteiger partial charge in [0.25, 0.3) is 0 Å². The zero-order valence-corrected chi connectivity index (χ0v) is 6.80. The maximum atomic E-state index is 11.1. The normalized spacial score (nSPS) is 32.1. The third-order valence-corrected chi connectivity index (χ3v) is 1.80. The van der Waals surface area contributed by atoms with Gasteiger partial charge in [0.1, 0.15) is 6.10 Å². The molecule has 0 saturated heterocycles. The standard InChI is InChI=1S/C8H12O4/c1-5(4-9)8-6(10)2-3-7(11)12-8/h2-3,5,7-9,11H,4H2,1H3. The summed E-state index contributed by atoms with van der Waals surface area (Å²) in [5.74, 6) is -0.487. The molecule has 12 heavy (non-hydrogen) atoms. The van der Waals surface area contributed by atoms with E-state index in [9.17, 15) is 4.79 Å². The Bertz CT molecular complexity index is 199. The van der Waals surface area contributed by atoms with Crippen molar-refractivity contribution >= 4 is 5.78 Å². The third-order valence-electron chi connectivity index (χ3n) is 1.80. The van der Waals surface area contributed by atoms with Crippen LogP contribution in [0.15, 0.2) is 12.2 Å². The largest absolute Gasteiger partial charge is 0.396 e. The SMILES string of the molecule is CC(CO)C1OC(O)C=CC1=O. The second kappa shape index (κ2) is 3.80. The first-order valence-corrected chi connectivity index (χ1v) is 3.81. The van der Waals surface area contributed by atoms with Crippen molar-refractivity contribution in [2.24, 2.45) is 5.92 Å². The van der Waals surface area contributed by atoms with Crippen molar-refractivity contribution in [2.45, 2.75) is 19.3 Å². The Kier molecular flexibility index (Phi) is 2.97. The van der Waals surface area contributed by atoms with Gasteiger partial charge in [-0.15, -0.1) is 0 Å². The second-order valence-corrected chi connectivity index (χ2v) is 2.87. The van der Waals surface area contributed by atoms with Crippen LogP contribution in [0.4, 0.5) is 0 Å². The summed E-state index contributed by atoms with van der Waals surface area (Å²) in [7, 11) is 0. The van der Waals surface area contributed by atoms with Crippen molar-refractivity contribution in [3.05, 3.63) is 12.2 Å². The van der Waals surface area contributed by atoms with Crippen molar-refractivity contribution in [2.75, 3.05) is 6.61 Å². The van der Waals surface area contributed by atoms with Crippen molar-refractivity contribution in [1.29, 1.82) is 0 Å². The first-order valence-electron chi connectivity index (χ1n) is 3.81. The molecule has 0 bridgehead atoms. The maximum Gasteiger partial charge on any atom is 0.184 e. The third kappa shape index (κ3) is 1.91. The minimum Gasteiger partial charge on any atom is -0.396 e. The van der Waals surface area contributed by atoms with Crippen LogP contribution in [0.5, 0.6) is 0 Å². The lowest BCUT2D eigenvalue weighted by molar-refractivity contribution is -0.157. The molecule has 4 nitrogen and oxygen atoms in total. The maximum absolute atomic E-state index is 11.1. The van der Waals surface area contributed by atoms with Gasteiger partial charge in [-0.3, -0.25) is 4.79 Å². The monoisotopic (exact) mass is 172 g/mol. The van der Waals surface area contributed by atoms with Gasteiger partial charge in [-0.25, -0.2) is 0 Å². The summed E-state index contributed by atoms with van der Waals surface area (Å²) >= 11 is 0. The molecule has 0 radical (unpaired) electrons. The Morgan fingerprint density at radius 3 is 3.00 bits per heavy atom. The van der Waals surface area contributed by atoms with E-state index in [0.717, 1.165) is 0 Å². The average molecular weight is 172 g/mol. The molecule has 1 rings (SSSR count). The predicted molar refractivity (Wildman–Crippen MR) is 41.3 cm³/mol. The van der Waals surface area contributed by atoms with E-state index in [4.69, 9.17) is 14.9 Å². The molecular weight excluding hydrogens is 160 g/mol. The van der Waals surface area contributed by atoms with Gasteiger partial charge in [-0.2, -0.15) is 0 Å². The van der Waals surface area contributed by atoms with E-state index >= 15 is 0 Å². The minimum atomic E-state index is -1.03. The van der Waals surface area contributed by atoms with E-state index in [-0.39, 0.29) is 18.3 Å². The molecule has 0 aromatic rings. The highest BCUT2D eigenvalue weighted by molar-refractivity contribution is 5.94. The summed E-state index contributed by atoms with van der Waals surface area (Å²) < 4.78 is 4.91. The van der Waals surface area contributed by atoms with Crippen LogP contribution >= 0.6 is 0 Å². The van der Waals surface area contributed by atoms with Gasteiger partial charge in [0.15, 0.2) is 12.1 Å². The Hall–Kier alpha value is -0.710. The number of rotatable bonds is 2. The lowest BCUT2D eigenvalue weighted by Gasteiger charge is -2.25. The average Bonchev–Trinajstić information content (AvgIpc) is 2.08. The highest BCUT2D eigenvalue weighted by Crippen LogP contribution is 2.15. The van der Waals surface area contributed by atoms with E-state index < -0.39 is 12.4 Å². The predicted octanol–water partition coefficient (Wildman–Crippen LogP) is -0.543. The van der Waals surface area contributed by atoms with Gasteiger partial charge in [0.2, 0.25) is 0 Å². The summed E-state index contributed by atoms with van der Waals surface area (Å²) in [5.41, 5.74) is 0. The minimum absolute atomic E-state index is 0.128. The molecule has 1 aliphatic rings. The summed E-state index contributed by atoms with van der Waals surface area (Å²) in [6, 6.07) is 0. The molecule has 1 aliphatic heterocycles.